The number of hydrogen-bond acceptors (Lipinski definition) is 1. The van der Waals surface area contributed by atoms with Crippen LogP contribution in [0, 0.1) is 0 Å². The molecule has 0 saturated carbocycles. The Morgan fingerprint density at radius 3 is 2.45 bits per heavy atom. The van der Waals surface area contributed by atoms with Crippen LogP contribution in [-0.4, -0.2) is 5.78 Å². The summed E-state index contributed by atoms with van der Waals surface area (Å²) >= 11 is 11.3. The fraction of sp³-hybridized carbons (Fsp3) is 0.125. The molecule has 0 spiro atoms. The topological polar surface area (TPSA) is 17.1 Å². The highest BCUT2D eigenvalue weighted by atomic mass is 35.5. The predicted molar refractivity (Wildman–Crippen MR) is 46.5 cm³/mol. The minimum atomic E-state index is -0.0494. The minimum absolute atomic E-state index is 0.0494. The summed E-state index contributed by atoms with van der Waals surface area (Å²) in [5.41, 5.74) is 0.510. The van der Waals surface area contributed by atoms with Crippen LogP contribution in [0.2, 0.25) is 10.0 Å². The highest BCUT2D eigenvalue weighted by molar-refractivity contribution is 6.36. The molecule has 0 aliphatic heterocycles. The summed E-state index contributed by atoms with van der Waals surface area (Å²) < 4.78 is 0. The van der Waals surface area contributed by atoms with E-state index in [4.69, 9.17) is 23.2 Å². The third-order valence-corrected chi connectivity index (χ3v) is 1.86. The first-order chi connectivity index (χ1) is 5.11. The van der Waals surface area contributed by atoms with Crippen LogP contribution in [0.3, 0.4) is 0 Å². The van der Waals surface area contributed by atoms with Crippen LogP contribution in [-0.2, 0) is 0 Å². The molecule has 1 aromatic rings. The lowest BCUT2D eigenvalue weighted by Gasteiger charge is -1.98. The predicted octanol–water partition coefficient (Wildman–Crippen LogP) is 3.20. The van der Waals surface area contributed by atoms with Gasteiger partial charge < -0.3 is 0 Å². The third-order valence-electron chi connectivity index (χ3n) is 1.31. The number of carbonyl (C=O) groups excluding carboxylic acids is 1. The average Bonchev–Trinajstić information content (AvgIpc) is 1.85. The second-order valence-electron chi connectivity index (χ2n) is 2.18. The third kappa shape index (κ3) is 1.95. The number of Topliss-reactive ketones (excluding diaryl/α,β-unsaturated/α-hetero) is 1. The fourth-order valence-electron chi connectivity index (χ4n) is 0.775. The Kier molecular flexibility index (Phi) is 2.53. The monoisotopic (exact) mass is 190 g/mol. The van der Waals surface area contributed by atoms with Gasteiger partial charge in [-0.05, 0) is 25.1 Å². The van der Waals surface area contributed by atoms with Gasteiger partial charge in [0.2, 0.25) is 0 Å². The van der Waals surface area contributed by atoms with E-state index in [1.807, 2.05) is 0 Å². The van der Waals surface area contributed by atoms with Crippen molar-refractivity contribution in [2.24, 2.45) is 0 Å². The molecule has 0 unspecified atom stereocenters. The zero-order valence-corrected chi connectivity index (χ0v) is 7.41. The van der Waals surface area contributed by atoms with E-state index in [1.54, 1.807) is 18.2 Å². The maximum atomic E-state index is 10.8. The molecule has 1 nitrogen and oxygen atoms in total. The molecular weight excluding hydrogens is 185 g/mol. The Morgan fingerprint density at radius 1 is 1.36 bits per heavy atom. The van der Waals surface area contributed by atoms with Gasteiger partial charge >= 0.3 is 0 Å². The van der Waals surface area contributed by atoms with Crippen LogP contribution in [0.4, 0.5) is 0 Å². The molecule has 0 N–H and O–H groups in total. The molecule has 0 aromatic heterocycles. The number of hydrogen-bond donors (Lipinski definition) is 0. The lowest BCUT2D eigenvalue weighted by atomic mass is 10.2. The molecule has 0 aliphatic rings. The van der Waals surface area contributed by atoms with Gasteiger partial charge in [-0.15, -0.1) is 0 Å². The summed E-state index contributed by atoms with van der Waals surface area (Å²) in [4.78, 5) is 10.8. The van der Waals surface area contributed by atoms with Gasteiger partial charge in [-0.25, -0.2) is 0 Å². The molecule has 0 amide bonds. The van der Waals surface area contributed by atoms with E-state index in [-0.39, 0.29) is 5.78 Å². The van der Waals surface area contributed by atoms with Crippen LogP contribution in [0.5, 0.6) is 0 Å². The highest BCUT2D eigenvalue weighted by Gasteiger charge is 2.04. The van der Waals surface area contributed by atoms with Crippen molar-refractivity contribution in [2.75, 3.05) is 0 Å². The summed E-state index contributed by atoms with van der Waals surface area (Å²) in [5, 5.41) is 0.949. The van der Waals surface area contributed by atoms with E-state index in [9.17, 15) is 4.79 Å². The van der Waals surface area contributed by atoms with E-state index >= 15 is 0 Å². The lowest BCUT2D eigenvalue weighted by molar-refractivity contribution is 0.101. The smallest absolute Gasteiger partial charge is 0.161 e. The number of halogens is 2. The van der Waals surface area contributed by atoms with Crippen molar-refractivity contribution in [1.82, 2.24) is 0 Å². The standard InChI is InChI=1S/C8H6Cl2O/c1-5(11)7-3-2-6(9)4-8(7)10/h2-4H,1H3/i1+2. The van der Waals surface area contributed by atoms with Crippen molar-refractivity contribution in [3.63, 3.8) is 0 Å². The average molecular weight is 191 g/mol. The van der Waals surface area contributed by atoms with Crippen molar-refractivity contribution in [3.05, 3.63) is 33.8 Å². The largest absolute Gasteiger partial charge is 0.294 e. The van der Waals surface area contributed by atoms with Crippen LogP contribution in [0.25, 0.3) is 0 Å². The first-order valence-corrected chi connectivity index (χ1v) is 3.83. The Morgan fingerprint density at radius 2 is 2.00 bits per heavy atom. The molecule has 11 heavy (non-hydrogen) atoms. The summed E-state index contributed by atoms with van der Waals surface area (Å²) in [6.07, 6.45) is 0. The zero-order chi connectivity index (χ0) is 8.43. The summed E-state index contributed by atoms with van der Waals surface area (Å²) in [6, 6.07) is 4.82. The van der Waals surface area contributed by atoms with E-state index < -0.39 is 0 Å². The molecule has 0 bridgehead atoms. The van der Waals surface area contributed by atoms with Crippen molar-refractivity contribution >= 4 is 29.0 Å². The highest BCUT2D eigenvalue weighted by Crippen LogP contribution is 2.20. The number of ketones is 1. The quantitative estimate of drug-likeness (QED) is 0.623. The number of benzene rings is 1. The van der Waals surface area contributed by atoms with Crippen molar-refractivity contribution < 1.29 is 4.79 Å². The van der Waals surface area contributed by atoms with Gasteiger partial charge in [-0.1, -0.05) is 23.2 Å². The molecule has 1 rings (SSSR count). The Balaban J connectivity index is 3.20. The first kappa shape index (κ1) is 8.57. The molecule has 0 aliphatic carbocycles. The number of carbonyl (C=O) groups is 1. The maximum absolute atomic E-state index is 10.8. The Bertz CT molecular complexity index is 294. The van der Waals surface area contributed by atoms with Crippen LogP contribution < -0.4 is 0 Å². The van der Waals surface area contributed by atoms with Gasteiger partial charge in [0.15, 0.2) is 5.78 Å². The van der Waals surface area contributed by atoms with E-state index in [0.29, 0.717) is 15.6 Å². The molecule has 0 heterocycles. The number of rotatable bonds is 1. The van der Waals surface area contributed by atoms with Gasteiger partial charge in [0.05, 0.1) is 5.02 Å². The minimum Gasteiger partial charge on any atom is -0.294 e. The van der Waals surface area contributed by atoms with Crippen molar-refractivity contribution in [2.45, 2.75) is 6.92 Å². The summed E-state index contributed by atoms with van der Waals surface area (Å²) in [5.74, 6) is -0.0494. The summed E-state index contributed by atoms with van der Waals surface area (Å²) in [6.45, 7) is 1.47. The first-order valence-electron chi connectivity index (χ1n) is 3.07. The molecule has 0 saturated heterocycles. The van der Waals surface area contributed by atoms with Crippen molar-refractivity contribution in [3.8, 4) is 0 Å². The van der Waals surface area contributed by atoms with Crippen LogP contribution >= 0.6 is 23.2 Å². The Hall–Kier alpha value is -0.530. The second kappa shape index (κ2) is 3.24. The van der Waals surface area contributed by atoms with E-state index in [2.05, 4.69) is 0 Å². The maximum Gasteiger partial charge on any atom is 0.161 e. The van der Waals surface area contributed by atoms with Gasteiger partial charge in [-0.2, -0.15) is 0 Å². The molecule has 58 valence electrons. The second-order valence-corrected chi connectivity index (χ2v) is 3.02. The van der Waals surface area contributed by atoms with Gasteiger partial charge in [0, 0.05) is 10.6 Å². The van der Waals surface area contributed by atoms with Crippen LogP contribution in [0.15, 0.2) is 18.2 Å². The molecule has 1 aromatic carbocycles. The van der Waals surface area contributed by atoms with Crippen LogP contribution in [0.1, 0.15) is 17.3 Å². The van der Waals surface area contributed by atoms with Gasteiger partial charge in [-0.3, -0.25) is 4.79 Å². The van der Waals surface area contributed by atoms with Gasteiger partial charge in [0.1, 0.15) is 0 Å². The summed E-state index contributed by atoms with van der Waals surface area (Å²) in [7, 11) is 0. The fourth-order valence-corrected chi connectivity index (χ4v) is 1.32. The zero-order valence-electron chi connectivity index (χ0n) is 5.90. The Labute approximate surface area is 74.9 Å². The normalized spacial score (nSPS) is 9.73. The SMILES string of the molecule is [14CH3]C(=O)c1ccc(Cl)cc1Cl. The molecule has 3 heteroatoms. The lowest BCUT2D eigenvalue weighted by Crippen LogP contribution is -1.91. The van der Waals surface area contributed by atoms with E-state index in [0.717, 1.165) is 0 Å². The van der Waals surface area contributed by atoms with E-state index in [1.165, 1.54) is 6.92 Å². The molecular formula is C8H6Cl2O. The molecule has 0 fully saturated rings. The molecule has 0 atom stereocenters. The van der Waals surface area contributed by atoms with Gasteiger partial charge in [0.25, 0.3) is 0 Å². The van der Waals surface area contributed by atoms with Crippen molar-refractivity contribution in [1.29, 1.82) is 0 Å². The molecule has 0 radical (unpaired) electrons.